The Hall–Kier alpha value is -3.02. The van der Waals surface area contributed by atoms with E-state index in [4.69, 9.17) is 0 Å². The summed E-state index contributed by atoms with van der Waals surface area (Å²) in [5.41, 5.74) is 5.26. The third kappa shape index (κ3) is 2.19. The maximum atomic E-state index is 13.2. The van der Waals surface area contributed by atoms with Gasteiger partial charge in [0.1, 0.15) is 17.2 Å². The van der Waals surface area contributed by atoms with Crippen LogP contribution in [0.1, 0.15) is 5.56 Å². The van der Waals surface area contributed by atoms with E-state index in [2.05, 4.69) is 20.1 Å². The van der Waals surface area contributed by atoms with Gasteiger partial charge in [-0.1, -0.05) is 0 Å². The first kappa shape index (κ1) is 13.6. The highest BCUT2D eigenvalue weighted by molar-refractivity contribution is 5.98. The van der Waals surface area contributed by atoms with E-state index in [0.717, 1.165) is 33.4 Å². The molecule has 0 atom stereocenters. The third-order valence-electron chi connectivity index (χ3n) is 3.84. The zero-order valence-corrected chi connectivity index (χ0v) is 12.7. The number of aryl methyl sites for hydroxylation is 2. The van der Waals surface area contributed by atoms with E-state index >= 15 is 0 Å². The number of halogens is 1. The van der Waals surface area contributed by atoms with E-state index in [9.17, 15) is 4.39 Å². The Morgan fingerprint density at radius 1 is 1.13 bits per heavy atom. The molecular formula is C17H14FN5. The van der Waals surface area contributed by atoms with Gasteiger partial charge < -0.3 is 4.98 Å². The second-order valence-corrected chi connectivity index (χ2v) is 5.48. The first-order chi connectivity index (χ1) is 11.1. The van der Waals surface area contributed by atoms with Crippen molar-refractivity contribution in [1.82, 2.24) is 24.7 Å². The first-order valence-corrected chi connectivity index (χ1v) is 7.22. The molecule has 6 heteroatoms. The number of H-pyrrole nitrogens is 1. The van der Waals surface area contributed by atoms with Crippen LogP contribution in [0.2, 0.25) is 0 Å². The van der Waals surface area contributed by atoms with Crippen molar-refractivity contribution in [2.75, 3.05) is 0 Å². The Labute approximate surface area is 131 Å². The number of fused-ring (bicyclic) bond motifs is 1. The molecule has 114 valence electrons. The summed E-state index contributed by atoms with van der Waals surface area (Å²) in [6, 6.07) is 5.04. The van der Waals surface area contributed by atoms with Gasteiger partial charge in [0.2, 0.25) is 0 Å². The van der Waals surface area contributed by atoms with Crippen LogP contribution >= 0.6 is 0 Å². The fourth-order valence-electron chi connectivity index (χ4n) is 2.84. The maximum absolute atomic E-state index is 13.2. The summed E-state index contributed by atoms with van der Waals surface area (Å²) in [7, 11) is 1.86. The van der Waals surface area contributed by atoms with Crippen LogP contribution in [0.5, 0.6) is 0 Å². The van der Waals surface area contributed by atoms with Crippen molar-refractivity contribution < 1.29 is 4.39 Å². The molecule has 4 aromatic heterocycles. The molecule has 23 heavy (non-hydrogen) atoms. The molecule has 0 aliphatic rings. The smallest absolute Gasteiger partial charge is 0.141 e. The highest BCUT2D eigenvalue weighted by atomic mass is 19.1. The van der Waals surface area contributed by atoms with Gasteiger partial charge in [-0.05, 0) is 30.7 Å². The molecule has 0 aliphatic carbocycles. The summed E-state index contributed by atoms with van der Waals surface area (Å²) >= 11 is 0. The lowest BCUT2D eigenvalue weighted by Crippen LogP contribution is -1.92. The van der Waals surface area contributed by atoms with Crippen molar-refractivity contribution in [2.24, 2.45) is 7.05 Å². The molecule has 0 radical (unpaired) electrons. The van der Waals surface area contributed by atoms with Crippen LogP contribution in [0.25, 0.3) is 33.5 Å². The molecule has 0 unspecified atom stereocenters. The fraction of sp³-hybridized carbons (Fsp3) is 0.118. The standard InChI is InChI=1S/C17H14FN5/c1-10-7-21-17-12(5-6-19-17)15(10)13-9-23(2)22-16(13)14-4-3-11(18)8-20-14/h3-9H,1-2H3,(H,19,21). The lowest BCUT2D eigenvalue weighted by molar-refractivity contribution is 0.621. The Bertz CT molecular complexity index is 998. The van der Waals surface area contributed by atoms with Crippen LogP contribution in [0.3, 0.4) is 0 Å². The van der Waals surface area contributed by atoms with E-state index in [1.54, 1.807) is 10.7 Å². The van der Waals surface area contributed by atoms with Crippen molar-refractivity contribution in [3.8, 4) is 22.5 Å². The minimum absolute atomic E-state index is 0.362. The number of aromatic amines is 1. The van der Waals surface area contributed by atoms with E-state index in [1.165, 1.54) is 12.3 Å². The Kier molecular flexibility index (Phi) is 2.97. The summed E-state index contributed by atoms with van der Waals surface area (Å²) in [6.07, 6.45) is 6.87. The topological polar surface area (TPSA) is 59.4 Å². The van der Waals surface area contributed by atoms with Gasteiger partial charge in [0.15, 0.2) is 0 Å². The summed E-state index contributed by atoms with van der Waals surface area (Å²) in [5, 5.41) is 5.55. The van der Waals surface area contributed by atoms with Gasteiger partial charge in [-0.25, -0.2) is 9.37 Å². The van der Waals surface area contributed by atoms with Crippen LogP contribution in [0, 0.1) is 12.7 Å². The quantitative estimate of drug-likeness (QED) is 0.617. The Morgan fingerprint density at radius 3 is 2.78 bits per heavy atom. The molecule has 0 fully saturated rings. The average molecular weight is 307 g/mol. The monoisotopic (exact) mass is 307 g/mol. The average Bonchev–Trinajstić information content (AvgIpc) is 3.14. The number of aromatic nitrogens is 5. The third-order valence-corrected chi connectivity index (χ3v) is 3.84. The number of hydrogen-bond donors (Lipinski definition) is 1. The van der Waals surface area contributed by atoms with Crippen LogP contribution in [0.15, 0.2) is 43.0 Å². The SMILES string of the molecule is Cc1cnc2[nH]ccc2c1-c1cn(C)nc1-c1ccc(F)cn1. The first-order valence-electron chi connectivity index (χ1n) is 7.22. The molecule has 0 aliphatic heterocycles. The van der Waals surface area contributed by atoms with Gasteiger partial charge in [0.25, 0.3) is 0 Å². The van der Waals surface area contributed by atoms with Crippen molar-refractivity contribution in [3.63, 3.8) is 0 Å². The van der Waals surface area contributed by atoms with E-state index in [-0.39, 0.29) is 5.82 Å². The molecule has 4 heterocycles. The zero-order valence-electron chi connectivity index (χ0n) is 12.7. The molecule has 0 amide bonds. The molecule has 0 aromatic carbocycles. The van der Waals surface area contributed by atoms with Gasteiger partial charge in [0.05, 0.1) is 11.9 Å². The molecular weight excluding hydrogens is 293 g/mol. The number of hydrogen-bond acceptors (Lipinski definition) is 3. The van der Waals surface area contributed by atoms with Crippen molar-refractivity contribution >= 4 is 11.0 Å². The van der Waals surface area contributed by atoms with Crippen molar-refractivity contribution in [3.05, 3.63) is 54.4 Å². The lowest BCUT2D eigenvalue weighted by Gasteiger charge is -2.07. The number of nitrogens with one attached hydrogen (secondary N) is 1. The van der Waals surface area contributed by atoms with Crippen LogP contribution < -0.4 is 0 Å². The lowest BCUT2D eigenvalue weighted by atomic mass is 9.98. The maximum Gasteiger partial charge on any atom is 0.141 e. The summed E-state index contributed by atoms with van der Waals surface area (Å²) in [6.45, 7) is 2.02. The van der Waals surface area contributed by atoms with E-state index < -0.39 is 0 Å². The largest absolute Gasteiger partial charge is 0.346 e. The normalized spacial score (nSPS) is 11.3. The minimum Gasteiger partial charge on any atom is -0.346 e. The second kappa shape index (κ2) is 5.01. The second-order valence-electron chi connectivity index (χ2n) is 5.48. The minimum atomic E-state index is -0.362. The van der Waals surface area contributed by atoms with Crippen LogP contribution in [-0.4, -0.2) is 24.7 Å². The van der Waals surface area contributed by atoms with Gasteiger partial charge in [-0.2, -0.15) is 5.10 Å². The van der Waals surface area contributed by atoms with Crippen LogP contribution in [-0.2, 0) is 7.05 Å². The van der Waals surface area contributed by atoms with E-state index in [0.29, 0.717) is 5.69 Å². The summed E-state index contributed by atoms with van der Waals surface area (Å²) in [4.78, 5) is 11.7. The predicted molar refractivity (Wildman–Crippen MR) is 86.2 cm³/mol. The summed E-state index contributed by atoms with van der Waals surface area (Å²) in [5.74, 6) is -0.362. The molecule has 5 nitrogen and oxygen atoms in total. The van der Waals surface area contributed by atoms with Crippen molar-refractivity contribution in [2.45, 2.75) is 6.92 Å². The Morgan fingerprint density at radius 2 is 2.00 bits per heavy atom. The highest BCUT2D eigenvalue weighted by Crippen LogP contribution is 2.36. The number of nitrogens with zero attached hydrogens (tertiary/aromatic N) is 4. The molecule has 1 N–H and O–H groups in total. The number of pyridine rings is 2. The molecule has 0 saturated carbocycles. The van der Waals surface area contributed by atoms with Gasteiger partial charge in [0, 0.05) is 42.2 Å². The Balaban J connectivity index is 2.01. The predicted octanol–water partition coefficient (Wildman–Crippen LogP) is 3.47. The van der Waals surface area contributed by atoms with Gasteiger partial charge >= 0.3 is 0 Å². The van der Waals surface area contributed by atoms with Crippen LogP contribution in [0.4, 0.5) is 4.39 Å². The molecule has 0 spiro atoms. The highest BCUT2D eigenvalue weighted by Gasteiger charge is 2.18. The van der Waals surface area contributed by atoms with Gasteiger partial charge in [-0.15, -0.1) is 0 Å². The molecule has 4 aromatic rings. The zero-order chi connectivity index (χ0) is 16.0. The molecule has 4 rings (SSSR count). The molecule has 0 saturated heterocycles. The van der Waals surface area contributed by atoms with Gasteiger partial charge in [-0.3, -0.25) is 9.67 Å². The van der Waals surface area contributed by atoms with E-state index in [1.807, 2.05) is 38.6 Å². The van der Waals surface area contributed by atoms with Crippen molar-refractivity contribution in [1.29, 1.82) is 0 Å². The fourth-order valence-corrected chi connectivity index (χ4v) is 2.84. The number of rotatable bonds is 2. The summed E-state index contributed by atoms with van der Waals surface area (Å²) < 4.78 is 14.9. The molecule has 0 bridgehead atoms.